The first kappa shape index (κ1) is 18.2. The van der Waals surface area contributed by atoms with E-state index >= 15 is 0 Å². The summed E-state index contributed by atoms with van der Waals surface area (Å²) in [4.78, 5) is 12.2. The van der Waals surface area contributed by atoms with Crippen LogP contribution in [0.15, 0.2) is 50.9 Å². The molecule has 0 aliphatic carbocycles. The highest BCUT2D eigenvalue weighted by Gasteiger charge is 2.13. The fraction of sp³-hybridized carbons (Fsp3) is 0.0588. The van der Waals surface area contributed by atoms with E-state index in [-0.39, 0.29) is 11.3 Å². The molecule has 122 valence electrons. The van der Waals surface area contributed by atoms with Gasteiger partial charge in [0.2, 0.25) is 0 Å². The van der Waals surface area contributed by atoms with E-state index in [0.717, 1.165) is 0 Å². The molecular formula is C17H11Br2FN2O2. The first-order valence-corrected chi connectivity index (χ1v) is 8.25. The van der Waals surface area contributed by atoms with Gasteiger partial charge in [0, 0.05) is 0 Å². The standard InChI is InChI=1S/C17H11Br2FN2O2/c1-24-16-12(18)7-10(8-13(16)19)6-11(9-21)17(23)22-15-5-3-2-4-14(15)20/h2-8H,1H3,(H,22,23)/b11-6+. The SMILES string of the molecule is COc1c(Br)cc(/C=C(\C#N)C(=O)Nc2ccccc2F)cc1Br. The number of carbonyl (C=O) groups is 1. The molecule has 24 heavy (non-hydrogen) atoms. The molecule has 1 amide bonds. The Labute approximate surface area is 155 Å². The number of methoxy groups -OCH3 is 1. The lowest BCUT2D eigenvalue weighted by molar-refractivity contribution is -0.112. The van der Waals surface area contributed by atoms with Crippen molar-refractivity contribution in [2.45, 2.75) is 0 Å². The number of nitrogens with one attached hydrogen (secondary N) is 1. The third kappa shape index (κ3) is 4.22. The number of hydrogen-bond donors (Lipinski definition) is 1. The van der Waals surface area contributed by atoms with Gasteiger partial charge in [-0.25, -0.2) is 4.39 Å². The van der Waals surface area contributed by atoms with Crippen molar-refractivity contribution in [3.05, 3.63) is 62.3 Å². The van der Waals surface area contributed by atoms with E-state index < -0.39 is 11.7 Å². The summed E-state index contributed by atoms with van der Waals surface area (Å²) < 4.78 is 20.1. The number of nitriles is 1. The maximum atomic E-state index is 13.6. The highest BCUT2D eigenvalue weighted by molar-refractivity contribution is 9.11. The average molecular weight is 454 g/mol. The zero-order valence-corrected chi connectivity index (χ0v) is 15.6. The van der Waals surface area contributed by atoms with E-state index in [2.05, 4.69) is 37.2 Å². The topological polar surface area (TPSA) is 62.1 Å². The molecule has 4 nitrogen and oxygen atoms in total. The number of amides is 1. The van der Waals surface area contributed by atoms with Crippen LogP contribution in [0.2, 0.25) is 0 Å². The molecule has 0 aromatic heterocycles. The van der Waals surface area contributed by atoms with Crippen LogP contribution in [0.3, 0.4) is 0 Å². The van der Waals surface area contributed by atoms with Crippen LogP contribution < -0.4 is 10.1 Å². The number of carbonyl (C=O) groups excluding carboxylic acids is 1. The zero-order valence-electron chi connectivity index (χ0n) is 12.4. The van der Waals surface area contributed by atoms with Crippen molar-refractivity contribution in [3.8, 4) is 11.8 Å². The molecule has 1 N–H and O–H groups in total. The molecule has 2 aromatic carbocycles. The summed E-state index contributed by atoms with van der Waals surface area (Å²) in [5.74, 6) is -0.662. The molecule has 0 fully saturated rings. The molecule has 0 aliphatic rings. The van der Waals surface area contributed by atoms with E-state index in [1.807, 2.05) is 6.07 Å². The summed E-state index contributed by atoms with van der Waals surface area (Å²) in [6.07, 6.45) is 1.41. The Hall–Kier alpha value is -2.17. The van der Waals surface area contributed by atoms with Gasteiger partial charge >= 0.3 is 0 Å². The Morgan fingerprint density at radius 3 is 2.46 bits per heavy atom. The van der Waals surface area contributed by atoms with Crippen LogP contribution in [0.5, 0.6) is 5.75 Å². The van der Waals surface area contributed by atoms with Gasteiger partial charge in [-0.1, -0.05) is 12.1 Å². The third-order valence-corrected chi connectivity index (χ3v) is 4.20. The number of rotatable bonds is 4. The number of para-hydroxylation sites is 1. The van der Waals surface area contributed by atoms with Gasteiger partial charge in [0.05, 0.1) is 21.7 Å². The Bertz CT molecular complexity index is 837. The predicted octanol–water partition coefficient (Wildman–Crippen LogP) is 4.90. The largest absolute Gasteiger partial charge is 0.494 e. The average Bonchev–Trinajstić information content (AvgIpc) is 2.54. The Morgan fingerprint density at radius 1 is 1.29 bits per heavy atom. The number of halogens is 3. The minimum absolute atomic E-state index is 0.0146. The van der Waals surface area contributed by atoms with Crippen molar-refractivity contribution in [3.63, 3.8) is 0 Å². The van der Waals surface area contributed by atoms with Gasteiger partial charge in [-0.15, -0.1) is 0 Å². The van der Waals surface area contributed by atoms with Crippen molar-refractivity contribution in [1.82, 2.24) is 0 Å². The van der Waals surface area contributed by atoms with Gasteiger partial charge in [0.25, 0.3) is 5.91 Å². The molecule has 0 radical (unpaired) electrons. The van der Waals surface area contributed by atoms with E-state index in [4.69, 9.17) is 4.74 Å². The zero-order chi connectivity index (χ0) is 17.7. The van der Waals surface area contributed by atoms with Crippen molar-refractivity contribution in [2.24, 2.45) is 0 Å². The predicted molar refractivity (Wildman–Crippen MR) is 97.0 cm³/mol. The number of ether oxygens (including phenoxy) is 1. The van der Waals surface area contributed by atoms with Crippen molar-refractivity contribution in [2.75, 3.05) is 12.4 Å². The molecule has 0 atom stereocenters. The number of benzene rings is 2. The smallest absolute Gasteiger partial charge is 0.266 e. The normalized spacial score (nSPS) is 10.9. The van der Waals surface area contributed by atoms with Crippen molar-refractivity contribution in [1.29, 1.82) is 5.26 Å². The van der Waals surface area contributed by atoms with Crippen molar-refractivity contribution >= 4 is 49.5 Å². The highest BCUT2D eigenvalue weighted by atomic mass is 79.9. The van der Waals surface area contributed by atoms with Gasteiger partial charge in [-0.3, -0.25) is 4.79 Å². The molecule has 0 spiro atoms. The summed E-state index contributed by atoms with van der Waals surface area (Å²) >= 11 is 6.71. The third-order valence-electron chi connectivity index (χ3n) is 3.02. The molecule has 0 aliphatic heterocycles. The molecule has 2 rings (SSSR count). The molecule has 2 aromatic rings. The van der Waals surface area contributed by atoms with Crippen LogP contribution in [-0.4, -0.2) is 13.0 Å². The molecule has 0 bridgehead atoms. The molecule has 0 saturated carbocycles. The summed E-state index contributed by atoms with van der Waals surface area (Å²) in [5.41, 5.74) is 0.470. The monoisotopic (exact) mass is 452 g/mol. The van der Waals surface area contributed by atoms with Gasteiger partial charge < -0.3 is 10.1 Å². The molecule has 7 heteroatoms. The van der Waals surface area contributed by atoms with Crippen LogP contribution in [0.1, 0.15) is 5.56 Å². The van der Waals surface area contributed by atoms with Crippen LogP contribution >= 0.6 is 31.9 Å². The molecule has 0 unspecified atom stereocenters. The lowest BCUT2D eigenvalue weighted by atomic mass is 10.1. The van der Waals surface area contributed by atoms with Crippen molar-refractivity contribution < 1.29 is 13.9 Å². The first-order chi connectivity index (χ1) is 11.5. The van der Waals surface area contributed by atoms with Gasteiger partial charge in [0.1, 0.15) is 23.2 Å². The maximum Gasteiger partial charge on any atom is 0.266 e. The number of hydrogen-bond acceptors (Lipinski definition) is 3. The van der Waals surface area contributed by atoms with E-state index in [1.54, 1.807) is 18.2 Å². The summed E-state index contributed by atoms with van der Waals surface area (Å²) in [6, 6.07) is 11.0. The minimum atomic E-state index is -0.689. The minimum Gasteiger partial charge on any atom is -0.494 e. The van der Waals surface area contributed by atoms with E-state index in [0.29, 0.717) is 20.3 Å². The maximum absolute atomic E-state index is 13.6. The summed E-state index contributed by atoms with van der Waals surface area (Å²) in [5, 5.41) is 11.6. The second kappa shape index (κ2) is 8.08. The molecule has 0 heterocycles. The lowest BCUT2D eigenvalue weighted by Gasteiger charge is -2.08. The Morgan fingerprint density at radius 2 is 1.92 bits per heavy atom. The van der Waals surface area contributed by atoms with Gasteiger partial charge in [-0.05, 0) is 67.8 Å². The lowest BCUT2D eigenvalue weighted by Crippen LogP contribution is -2.14. The summed E-state index contributed by atoms with van der Waals surface area (Å²) in [7, 11) is 1.53. The molecule has 0 saturated heterocycles. The quantitative estimate of drug-likeness (QED) is 0.528. The van der Waals surface area contributed by atoms with Gasteiger partial charge in [0.15, 0.2) is 0 Å². The summed E-state index contributed by atoms with van der Waals surface area (Å²) in [6.45, 7) is 0. The van der Waals surface area contributed by atoms with E-state index in [9.17, 15) is 14.4 Å². The first-order valence-electron chi connectivity index (χ1n) is 6.67. The van der Waals surface area contributed by atoms with Crippen LogP contribution in [0.25, 0.3) is 6.08 Å². The fourth-order valence-corrected chi connectivity index (χ4v) is 3.47. The highest BCUT2D eigenvalue weighted by Crippen LogP contribution is 2.35. The van der Waals surface area contributed by atoms with Crippen LogP contribution in [0, 0.1) is 17.1 Å². The van der Waals surface area contributed by atoms with E-state index in [1.165, 1.54) is 31.4 Å². The number of nitrogens with zero attached hydrogens (tertiary/aromatic N) is 1. The Balaban J connectivity index is 2.31. The number of anilines is 1. The fourth-order valence-electron chi connectivity index (χ4n) is 1.93. The molecular weight excluding hydrogens is 443 g/mol. The second-order valence-electron chi connectivity index (χ2n) is 4.62. The second-order valence-corrected chi connectivity index (χ2v) is 6.33. The Kier molecular flexibility index (Phi) is 6.12. The van der Waals surface area contributed by atoms with Crippen LogP contribution in [-0.2, 0) is 4.79 Å². The van der Waals surface area contributed by atoms with Gasteiger partial charge in [-0.2, -0.15) is 5.26 Å². The van der Waals surface area contributed by atoms with Crippen LogP contribution in [0.4, 0.5) is 10.1 Å².